The van der Waals surface area contributed by atoms with Crippen molar-refractivity contribution in [3.63, 3.8) is 0 Å². The van der Waals surface area contributed by atoms with Crippen LogP contribution in [-0.2, 0) is 18.4 Å². The van der Waals surface area contributed by atoms with E-state index in [1.165, 1.54) is 17.3 Å². The third kappa shape index (κ3) is 4.65. The summed E-state index contributed by atoms with van der Waals surface area (Å²) in [6, 6.07) is 10.2. The van der Waals surface area contributed by atoms with Gasteiger partial charge in [-0.15, -0.1) is 10.2 Å². The topological polar surface area (TPSA) is 64.2 Å². The van der Waals surface area contributed by atoms with Gasteiger partial charge in [0.15, 0.2) is 11.0 Å². The number of carbonyl (C=O) groups is 1. The second kappa shape index (κ2) is 9.10. The third-order valence-electron chi connectivity index (χ3n) is 4.60. The Labute approximate surface area is 169 Å². The van der Waals surface area contributed by atoms with Crippen LogP contribution in [0.25, 0.3) is 11.4 Å². The van der Waals surface area contributed by atoms with Gasteiger partial charge in [-0.1, -0.05) is 48.5 Å². The number of benzene rings is 1. The number of aromatic nitrogens is 3. The van der Waals surface area contributed by atoms with Crippen molar-refractivity contribution in [3.8, 4) is 11.4 Å². The summed E-state index contributed by atoms with van der Waals surface area (Å²) in [6.07, 6.45) is 2.57. The number of carbonyl (C=O) groups excluding carboxylic acids is 1. The Morgan fingerprint density at radius 2 is 1.93 bits per heavy atom. The minimum absolute atomic E-state index is 0.108. The smallest absolute Gasteiger partial charge is 0.233 e. The predicted octanol–water partition coefficient (Wildman–Crippen LogP) is 4.22. The van der Waals surface area contributed by atoms with Gasteiger partial charge in [0, 0.05) is 20.1 Å². The Balaban J connectivity index is 1.65. The molecule has 6 nitrogen and oxygen atoms in total. The first-order valence-corrected chi connectivity index (χ1v) is 10.4. The molecule has 0 saturated heterocycles. The molecule has 7 heteroatoms. The molecule has 0 spiro atoms. The number of aryl methyl sites for hydroxylation is 2. The quantitative estimate of drug-likeness (QED) is 0.532. The number of nitrogens with zero attached hydrogens (tertiary/aromatic N) is 4. The third-order valence-corrected chi connectivity index (χ3v) is 5.60. The summed E-state index contributed by atoms with van der Waals surface area (Å²) in [7, 11) is 1.91. The molecule has 3 aromatic rings. The summed E-state index contributed by atoms with van der Waals surface area (Å²) < 4.78 is 7.26. The lowest BCUT2D eigenvalue weighted by Gasteiger charge is -2.22. The summed E-state index contributed by atoms with van der Waals surface area (Å²) >= 11 is 1.41. The van der Waals surface area contributed by atoms with Crippen molar-refractivity contribution in [1.82, 2.24) is 19.7 Å². The molecule has 0 fully saturated rings. The summed E-state index contributed by atoms with van der Waals surface area (Å²) in [5, 5.41) is 9.23. The highest BCUT2D eigenvalue weighted by molar-refractivity contribution is 7.99. The van der Waals surface area contributed by atoms with Crippen LogP contribution in [0.2, 0.25) is 0 Å². The van der Waals surface area contributed by atoms with Crippen LogP contribution in [0.5, 0.6) is 0 Å². The molecule has 2 heterocycles. The van der Waals surface area contributed by atoms with Crippen molar-refractivity contribution in [2.75, 3.05) is 12.3 Å². The molecule has 0 unspecified atom stereocenters. The average Bonchev–Trinajstić information content (AvgIpc) is 3.26. The van der Waals surface area contributed by atoms with Gasteiger partial charge in [0.2, 0.25) is 5.91 Å². The first-order chi connectivity index (χ1) is 13.5. The van der Waals surface area contributed by atoms with Gasteiger partial charge < -0.3 is 13.9 Å². The van der Waals surface area contributed by atoms with Crippen LogP contribution in [-0.4, -0.2) is 37.9 Å². The Kier molecular flexibility index (Phi) is 6.57. The lowest BCUT2D eigenvalue weighted by atomic mass is 10.1. The normalized spacial score (nSPS) is 11.0. The first kappa shape index (κ1) is 20.2. The number of rotatable bonds is 8. The van der Waals surface area contributed by atoms with Crippen molar-refractivity contribution >= 4 is 17.7 Å². The van der Waals surface area contributed by atoms with Crippen molar-refractivity contribution in [2.45, 2.75) is 38.9 Å². The molecule has 28 heavy (non-hydrogen) atoms. The van der Waals surface area contributed by atoms with Crippen molar-refractivity contribution in [2.24, 2.45) is 7.05 Å². The Morgan fingerprint density at radius 1 is 1.18 bits per heavy atom. The molecule has 3 rings (SSSR count). The van der Waals surface area contributed by atoms with E-state index in [4.69, 9.17) is 4.42 Å². The van der Waals surface area contributed by atoms with Gasteiger partial charge in [-0.25, -0.2) is 0 Å². The minimum Gasteiger partial charge on any atom is -0.469 e. The van der Waals surface area contributed by atoms with Gasteiger partial charge >= 0.3 is 0 Å². The molecular weight excluding hydrogens is 372 g/mol. The van der Waals surface area contributed by atoms with E-state index >= 15 is 0 Å². The lowest BCUT2D eigenvalue weighted by molar-refractivity contribution is -0.129. The van der Waals surface area contributed by atoms with E-state index in [-0.39, 0.29) is 5.91 Å². The molecule has 148 valence electrons. The molecule has 0 radical (unpaired) electrons. The van der Waals surface area contributed by atoms with Crippen LogP contribution in [0.15, 0.2) is 46.2 Å². The zero-order valence-electron chi connectivity index (χ0n) is 16.8. The second-order valence-corrected chi connectivity index (χ2v) is 7.79. The first-order valence-electron chi connectivity index (χ1n) is 9.39. The van der Waals surface area contributed by atoms with Gasteiger partial charge in [0.05, 0.1) is 17.6 Å². The molecule has 0 bridgehead atoms. The van der Waals surface area contributed by atoms with Crippen molar-refractivity contribution in [1.29, 1.82) is 0 Å². The second-order valence-electron chi connectivity index (χ2n) is 6.85. The molecule has 1 amide bonds. The maximum Gasteiger partial charge on any atom is 0.233 e. The van der Waals surface area contributed by atoms with E-state index in [1.54, 1.807) is 6.26 Å². The van der Waals surface area contributed by atoms with Gasteiger partial charge in [-0.2, -0.15) is 0 Å². The maximum absolute atomic E-state index is 12.8. The van der Waals surface area contributed by atoms with Gasteiger partial charge in [-0.3, -0.25) is 4.79 Å². The fourth-order valence-electron chi connectivity index (χ4n) is 2.99. The lowest BCUT2D eigenvalue weighted by Crippen LogP contribution is -2.32. The highest BCUT2D eigenvalue weighted by atomic mass is 32.2. The highest BCUT2D eigenvalue weighted by Crippen LogP contribution is 2.26. The van der Waals surface area contributed by atoms with Gasteiger partial charge in [0.1, 0.15) is 5.76 Å². The average molecular weight is 399 g/mol. The molecule has 0 aliphatic heterocycles. The van der Waals surface area contributed by atoms with E-state index < -0.39 is 0 Å². The van der Waals surface area contributed by atoms with E-state index in [0.717, 1.165) is 40.8 Å². The molecule has 0 aliphatic rings. The monoisotopic (exact) mass is 398 g/mol. The summed E-state index contributed by atoms with van der Waals surface area (Å²) in [6.45, 7) is 7.42. The standard InChI is InChI=1S/C21H26N4O2S/c1-5-11-25(13-17-8-6-15(2)7-9-17)19(26)14-28-21-23-22-20(24(21)4)18-10-12-27-16(18)3/h6-10,12H,5,11,13-14H2,1-4H3. The largest absolute Gasteiger partial charge is 0.469 e. The maximum atomic E-state index is 12.8. The van der Waals surface area contributed by atoms with Crippen LogP contribution in [0.4, 0.5) is 0 Å². The highest BCUT2D eigenvalue weighted by Gasteiger charge is 2.18. The van der Waals surface area contributed by atoms with Gasteiger partial charge in [-0.05, 0) is 31.9 Å². The molecule has 0 N–H and O–H groups in total. The SMILES string of the molecule is CCCN(Cc1ccc(C)cc1)C(=O)CSc1nnc(-c2ccoc2C)n1C. The number of hydrogen-bond acceptors (Lipinski definition) is 5. The van der Waals surface area contributed by atoms with Crippen LogP contribution in [0.1, 0.15) is 30.2 Å². The van der Waals surface area contributed by atoms with Crippen molar-refractivity contribution < 1.29 is 9.21 Å². The summed E-state index contributed by atoms with van der Waals surface area (Å²) in [4.78, 5) is 14.7. The zero-order chi connectivity index (χ0) is 20.1. The molecule has 0 saturated carbocycles. The van der Waals surface area contributed by atoms with E-state index in [2.05, 4.69) is 48.3 Å². The fraction of sp³-hybridized carbons (Fsp3) is 0.381. The van der Waals surface area contributed by atoms with E-state index in [1.807, 2.05) is 29.5 Å². The summed E-state index contributed by atoms with van der Waals surface area (Å²) in [5.41, 5.74) is 3.28. The summed E-state index contributed by atoms with van der Waals surface area (Å²) in [5.74, 6) is 1.99. The zero-order valence-corrected chi connectivity index (χ0v) is 17.6. The Hall–Kier alpha value is -2.54. The van der Waals surface area contributed by atoms with E-state index in [9.17, 15) is 4.79 Å². The Morgan fingerprint density at radius 3 is 2.57 bits per heavy atom. The molecule has 0 aliphatic carbocycles. The molecule has 2 aromatic heterocycles. The number of furan rings is 1. The fourth-order valence-corrected chi connectivity index (χ4v) is 3.80. The predicted molar refractivity (Wildman–Crippen MR) is 111 cm³/mol. The minimum atomic E-state index is 0.108. The molecular formula is C21H26N4O2S. The van der Waals surface area contributed by atoms with Crippen LogP contribution < -0.4 is 0 Å². The number of amides is 1. The number of thioether (sulfide) groups is 1. The van der Waals surface area contributed by atoms with Crippen LogP contribution >= 0.6 is 11.8 Å². The van der Waals surface area contributed by atoms with Crippen LogP contribution in [0.3, 0.4) is 0 Å². The van der Waals surface area contributed by atoms with Crippen LogP contribution in [0, 0.1) is 13.8 Å². The van der Waals surface area contributed by atoms with E-state index in [0.29, 0.717) is 12.3 Å². The Bertz CT molecular complexity index is 930. The number of hydrogen-bond donors (Lipinski definition) is 0. The van der Waals surface area contributed by atoms with Gasteiger partial charge in [0.25, 0.3) is 0 Å². The molecule has 1 aromatic carbocycles. The molecule has 0 atom stereocenters. The van der Waals surface area contributed by atoms with Crippen molar-refractivity contribution in [3.05, 3.63) is 53.5 Å².